The largest absolute Gasteiger partial charge is 0.266 e. The molecular weight excluding hydrogens is 189 g/mol. The van der Waals surface area contributed by atoms with Crippen LogP contribution in [0.2, 0.25) is 0 Å². The highest BCUT2D eigenvalue weighted by atomic mass is 19.3. The van der Waals surface area contributed by atoms with Crippen molar-refractivity contribution in [3.63, 3.8) is 0 Å². The van der Waals surface area contributed by atoms with E-state index in [0.717, 1.165) is 18.1 Å². The maximum Gasteiger partial charge on any atom is 0.266 e. The molecule has 0 saturated carbocycles. The van der Waals surface area contributed by atoms with E-state index in [1.165, 1.54) is 6.07 Å². The van der Waals surface area contributed by atoms with Crippen molar-refractivity contribution in [1.29, 1.82) is 0 Å². The molecule has 14 heavy (non-hydrogen) atoms. The highest BCUT2D eigenvalue weighted by molar-refractivity contribution is 5.28. The normalized spacial score (nSPS) is 13.3. The van der Waals surface area contributed by atoms with Gasteiger partial charge in [-0.05, 0) is 30.0 Å². The lowest BCUT2D eigenvalue weighted by Gasteiger charge is -2.11. The Morgan fingerprint density at radius 1 is 1.29 bits per heavy atom. The van der Waals surface area contributed by atoms with Crippen molar-refractivity contribution in [3.05, 3.63) is 35.1 Å². The standard InChI is InChI=1S/C11H13F3/c1-3-7(2)8-4-5-10(12)9(6-8)11(13)14/h4-7,11H,3H2,1-2H3. The molecule has 0 spiro atoms. The van der Waals surface area contributed by atoms with Crippen molar-refractivity contribution >= 4 is 0 Å². The highest BCUT2D eigenvalue weighted by Gasteiger charge is 2.15. The van der Waals surface area contributed by atoms with Crippen molar-refractivity contribution in [2.45, 2.75) is 32.6 Å². The molecule has 0 N–H and O–H groups in total. The minimum Gasteiger partial charge on any atom is -0.206 e. The third-order valence-corrected chi connectivity index (χ3v) is 2.44. The van der Waals surface area contributed by atoms with Crippen LogP contribution < -0.4 is 0 Å². The molecule has 0 aliphatic heterocycles. The first-order valence-electron chi connectivity index (χ1n) is 4.63. The second kappa shape index (κ2) is 4.49. The first-order chi connectivity index (χ1) is 6.56. The topological polar surface area (TPSA) is 0 Å². The molecule has 0 radical (unpaired) electrons. The summed E-state index contributed by atoms with van der Waals surface area (Å²) in [5.74, 6) is -0.639. The number of rotatable bonds is 3. The van der Waals surface area contributed by atoms with Crippen LogP contribution in [0.25, 0.3) is 0 Å². The lowest BCUT2D eigenvalue weighted by Crippen LogP contribution is -1.96. The Bertz CT molecular complexity index is 307. The van der Waals surface area contributed by atoms with Gasteiger partial charge >= 0.3 is 0 Å². The second-order valence-corrected chi connectivity index (χ2v) is 3.39. The summed E-state index contributed by atoms with van der Waals surface area (Å²) < 4.78 is 37.6. The summed E-state index contributed by atoms with van der Waals surface area (Å²) >= 11 is 0. The van der Waals surface area contributed by atoms with Gasteiger partial charge in [0.05, 0.1) is 5.56 Å². The van der Waals surface area contributed by atoms with Gasteiger partial charge in [0.25, 0.3) is 6.43 Å². The van der Waals surface area contributed by atoms with E-state index < -0.39 is 17.8 Å². The van der Waals surface area contributed by atoms with E-state index in [4.69, 9.17) is 0 Å². The van der Waals surface area contributed by atoms with Gasteiger partial charge in [-0.25, -0.2) is 13.2 Å². The van der Waals surface area contributed by atoms with Crippen LogP contribution in [0, 0.1) is 5.82 Å². The second-order valence-electron chi connectivity index (χ2n) is 3.39. The van der Waals surface area contributed by atoms with Gasteiger partial charge in [-0.15, -0.1) is 0 Å². The van der Waals surface area contributed by atoms with E-state index in [1.807, 2.05) is 13.8 Å². The molecule has 0 aromatic heterocycles. The molecule has 0 saturated heterocycles. The summed E-state index contributed by atoms with van der Waals surface area (Å²) in [5, 5.41) is 0. The zero-order valence-corrected chi connectivity index (χ0v) is 8.23. The fourth-order valence-electron chi connectivity index (χ4n) is 1.27. The molecule has 0 amide bonds. The Labute approximate surface area is 81.8 Å². The smallest absolute Gasteiger partial charge is 0.206 e. The van der Waals surface area contributed by atoms with Crippen LogP contribution in [-0.2, 0) is 0 Å². The fourth-order valence-corrected chi connectivity index (χ4v) is 1.27. The lowest BCUT2D eigenvalue weighted by molar-refractivity contribution is 0.146. The molecule has 1 unspecified atom stereocenters. The van der Waals surface area contributed by atoms with E-state index in [0.29, 0.717) is 0 Å². The molecule has 0 nitrogen and oxygen atoms in total. The van der Waals surface area contributed by atoms with Gasteiger partial charge in [0.2, 0.25) is 0 Å². The van der Waals surface area contributed by atoms with Crippen molar-refractivity contribution in [2.24, 2.45) is 0 Å². The summed E-state index contributed by atoms with van der Waals surface area (Å²) in [5.41, 5.74) is 0.270. The molecule has 0 aliphatic rings. The Morgan fingerprint density at radius 3 is 2.43 bits per heavy atom. The van der Waals surface area contributed by atoms with Gasteiger partial charge in [-0.2, -0.15) is 0 Å². The maximum atomic E-state index is 12.9. The molecule has 1 rings (SSSR count). The van der Waals surface area contributed by atoms with Gasteiger partial charge in [0, 0.05) is 0 Å². The SMILES string of the molecule is CCC(C)c1ccc(F)c(C(F)F)c1. The molecule has 1 aromatic carbocycles. The zero-order valence-electron chi connectivity index (χ0n) is 8.23. The third kappa shape index (κ3) is 2.28. The maximum absolute atomic E-state index is 12.9. The quantitative estimate of drug-likeness (QED) is 0.686. The van der Waals surface area contributed by atoms with E-state index >= 15 is 0 Å². The van der Waals surface area contributed by atoms with Crippen molar-refractivity contribution in [2.75, 3.05) is 0 Å². The van der Waals surface area contributed by atoms with Crippen LogP contribution in [0.4, 0.5) is 13.2 Å². The number of hydrogen-bond donors (Lipinski definition) is 0. The number of halogens is 3. The van der Waals surface area contributed by atoms with Crippen LogP contribution in [-0.4, -0.2) is 0 Å². The zero-order chi connectivity index (χ0) is 10.7. The molecule has 78 valence electrons. The molecular formula is C11H13F3. The van der Waals surface area contributed by atoms with Crippen LogP contribution in [0.15, 0.2) is 18.2 Å². The monoisotopic (exact) mass is 202 g/mol. The molecule has 3 heteroatoms. The number of benzene rings is 1. The van der Waals surface area contributed by atoms with E-state index in [-0.39, 0.29) is 5.92 Å². The summed E-state index contributed by atoms with van der Waals surface area (Å²) in [6, 6.07) is 3.94. The Kier molecular flexibility index (Phi) is 3.55. The summed E-state index contributed by atoms with van der Waals surface area (Å²) in [6.45, 7) is 3.90. The molecule has 1 atom stereocenters. The van der Waals surface area contributed by atoms with Crippen LogP contribution in [0.5, 0.6) is 0 Å². The summed E-state index contributed by atoms with van der Waals surface area (Å²) in [7, 11) is 0. The summed E-state index contributed by atoms with van der Waals surface area (Å²) in [4.78, 5) is 0. The van der Waals surface area contributed by atoms with Gasteiger partial charge in [-0.1, -0.05) is 19.9 Å². The van der Waals surface area contributed by atoms with E-state index in [2.05, 4.69) is 0 Å². The Morgan fingerprint density at radius 2 is 1.93 bits per heavy atom. The van der Waals surface area contributed by atoms with Crippen molar-refractivity contribution in [1.82, 2.24) is 0 Å². The van der Waals surface area contributed by atoms with Crippen molar-refractivity contribution < 1.29 is 13.2 Å². The van der Waals surface area contributed by atoms with E-state index in [9.17, 15) is 13.2 Å². The molecule has 0 bridgehead atoms. The van der Waals surface area contributed by atoms with E-state index in [1.54, 1.807) is 6.07 Å². The number of alkyl halides is 2. The minimum absolute atomic E-state index is 0.188. The average Bonchev–Trinajstić information content (AvgIpc) is 2.17. The average molecular weight is 202 g/mol. The molecule has 0 fully saturated rings. The third-order valence-electron chi connectivity index (χ3n) is 2.44. The fraction of sp³-hybridized carbons (Fsp3) is 0.455. The van der Waals surface area contributed by atoms with Gasteiger partial charge in [0.1, 0.15) is 5.82 Å². The molecule has 1 aromatic rings. The van der Waals surface area contributed by atoms with Gasteiger partial charge in [-0.3, -0.25) is 0 Å². The Hall–Kier alpha value is -0.990. The Balaban J connectivity index is 3.06. The van der Waals surface area contributed by atoms with Crippen LogP contribution >= 0.6 is 0 Å². The summed E-state index contributed by atoms with van der Waals surface area (Å²) in [6.07, 6.45) is -1.88. The minimum atomic E-state index is -2.74. The highest BCUT2D eigenvalue weighted by Crippen LogP contribution is 2.27. The lowest BCUT2D eigenvalue weighted by atomic mass is 9.97. The predicted octanol–water partition coefficient (Wildman–Crippen LogP) is 4.28. The molecule has 0 aliphatic carbocycles. The van der Waals surface area contributed by atoms with Crippen LogP contribution in [0.1, 0.15) is 43.7 Å². The first-order valence-corrected chi connectivity index (χ1v) is 4.63. The van der Waals surface area contributed by atoms with Crippen LogP contribution in [0.3, 0.4) is 0 Å². The van der Waals surface area contributed by atoms with Gasteiger partial charge < -0.3 is 0 Å². The predicted molar refractivity (Wildman–Crippen MR) is 50.1 cm³/mol. The van der Waals surface area contributed by atoms with Crippen molar-refractivity contribution in [3.8, 4) is 0 Å². The van der Waals surface area contributed by atoms with Gasteiger partial charge in [0.15, 0.2) is 0 Å². The number of hydrogen-bond acceptors (Lipinski definition) is 0. The first kappa shape index (κ1) is 11.1. The molecule has 0 heterocycles.